The Kier molecular flexibility index (Phi) is 9.04. The van der Waals surface area contributed by atoms with Gasteiger partial charge in [0.2, 0.25) is 0 Å². The van der Waals surface area contributed by atoms with E-state index in [1.54, 1.807) is 0 Å². The van der Waals surface area contributed by atoms with Crippen molar-refractivity contribution in [1.82, 2.24) is 15.0 Å². The summed E-state index contributed by atoms with van der Waals surface area (Å²) in [4.78, 5) is 18.9. The van der Waals surface area contributed by atoms with Crippen LogP contribution in [0.3, 0.4) is 0 Å². The number of rotatable bonds is 8. The second-order valence-corrected chi connectivity index (χ2v) is 15.1. The molecule has 0 saturated heterocycles. The molecule has 0 saturated carbocycles. The third-order valence-electron chi connectivity index (χ3n) is 11.1. The molecular weight excluding hydrogens is 707 g/mol. The zero-order valence-corrected chi connectivity index (χ0v) is 32.5. The normalized spacial score (nSPS) is 13.6. The molecule has 0 amide bonds. The van der Waals surface area contributed by atoms with E-state index in [2.05, 4.69) is 157 Å². The van der Waals surface area contributed by atoms with Crippen LogP contribution in [0.5, 0.6) is 0 Å². The maximum absolute atomic E-state index is 4.82. The van der Waals surface area contributed by atoms with Gasteiger partial charge in [0.05, 0.1) is 0 Å². The Hall–Kier alpha value is -7.37. The number of fused-ring (bicyclic) bond motifs is 5. The van der Waals surface area contributed by atoms with Gasteiger partial charge in [-0.3, -0.25) is 4.90 Å². The Labute approximate surface area is 339 Å². The molecule has 0 aliphatic heterocycles. The first kappa shape index (κ1) is 35.1. The Balaban J connectivity index is 1.33. The SMILES string of the molecule is CC(C)N(c1ccc2c(-c3ccc4ccccc4c3)c3cc(N(c4ccccn4)c4ccccn4)ccc3c(C3=CC4=CC=CC=C(C=C3)C4)c2c1)c1ccccn1. The highest BCUT2D eigenvalue weighted by molar-refractivity contribution is 6.21. The maximum atomic E-state index is 4.82. The summed E-state index contributed by atoms with van der Waals surface area (Å²) < 4.78 is 0. The number of aromatic nitrogens is 3. The molecule has 3 heterocycles. The highest BCUT2D eigenvalue weighted by Gasteiger charge is 2.24. The summed E-state index contributed by atoms with van der Waals surface area (Å²) in [6, 6.07) is 47.6. The minimum Gasteiger partial charge on any atom is -0.324 e. The van der Waals surface area contributed by atoms with E-state index in [0.717, 1.165) is 46.2 Å². The lowest BCUT2D eigenvalue weighted by molar-refractivity contribution is 0.778. The van der Waals surface area contributed by atoms with Gasteiger partial charge in [0.1, 0.15) is 17.5 Å². The first-order valence-electron chi connectivity index (χ1n) is 19.9. The van der Waals surface area contributed by atoms with Crippen LogP contribution in [0.15, 0.2) is 206 Å². The van der Waals surface area contributed by atoms with E-state index in [4.69, 9.17) is 15.0 Å². The van der Waals surface area contributed by atoms with Gasteiger partial charge in [0.25, 0.3) is 0 Å². The van der Waals surface area contributed by atoms with Crippen LogP contribution in [0.25, 0.3) is 49.0 Å². The molecule has 0 spiro atoms. The van der Waals surface area contributed by atoms with Crippen molar-refractivity contribution in [2.45, 2.75) is 26.3 Å². The molecule has 0 radical (unpaired) electrons. The molecule has 0 unspecified atom stereocenters. The molecule has 278 valence electrons. The van der Waals surface area contributed by atoms with Gasteiger partial charge in [-0.15, -0.1) is 0 Å². The van der Waals surface area contributed by atoms with Crippen molar-refractivity contribution in [2.24, 2.45) is 0 Å². The van der Waals surface area contributed by atoms with Crippen LogP contribution in [0.4, 0.5) is 28.8 Å². The fraction of sp³-hybridized carbons (Fsp3) is 0.0755. The number of anilines is 5. The van der Waals surface area contributed by atoms with E-state index in [-0.39, 0.29) is 6.04 Å². The topological polar surface area (TPSA) is 45.2 Å². The quantitative estimate of drug-likeness (QED) is 0.145. The molecule has 8 aromatic rings. The van der Waals surface area contributed by atoms with E-state index in [0.29, 0.717) is 0 Å². The summed E-state index contributed by atoms with van der Waals surface area (Å²) in [5.74, 6) is 2.52. The van der Waals surface area contributed by atoms with Gasteiger partial charge in [-0.05, 0) is 153 Å². The number of allylic oxidation sites excluding steroid dienone is 10. The molecule has 5 heteroatoms. The zero-order valence-electron chi connectivity index (χ0n) is 32.5. The van der Waals surface area contributed by atoms with Crippen molar-refractivity contribution >= 4 is 66.7 Å². The summed E-state index contributed by atoms with van der Waals surface area (Å²) in [5.41, 5.74) is 9.36. The first-order chi connectivity index (χ1) is 28.6. The van der Waals surface area contributed by atoms with Crippen LogP contribution in [-0.4, -0.2) is 21.0 Å². The van der Waals surface area contributed by atoms with Crippen molar-refractivity contribution < 1.29 is 0 Å². The number of hydrogen-bond acceptors (Lipinski definition) is 5. The molecular formula is C53H41N5. The van der Waals surface area contributed by atoms with Crippen LogP contribution < -0.4 is 9.80 Å². The fourth-order valence-electron chi connectivity index (χ4n) is 8.53. The summed E-state index contributed by atoms with van der Waals surface area (Å²) in [5, 5.41) is 7.10. The van der Waals surface area contributed by atoms with Crippen LogP contribution >= 0.6 is 0 Å². The van der Waals surface area contributed by atoms with Gasteiger partial charge in [0.15, 0.2) is 0 Å². The molecule has 0 N–H and O–H groups in total. The van der Waals surface area contributed by atoms with Gasteiger partial charge in [0, 0.05) is 36.0 Å². The molecule has 5 nitrogen and oxygen atoms in total. The molecule has 2 bridgehead atoms. The summed E-state index contributed by atoms with van der Waals surface area (Å²) >= 11 is 0. The first-order valence-corrected chi connectivity index (χ1v) is 19.9. The molecule has 2 aliphatic carbocycles. The van der Waals surface area contributed by atoms with Crippen molar-refractivity contribution in [3.05, 3.63) is 211 Å². The zero-order chi connectivity index (χ0) is 39.0. The Morgan fingerprint density at radius 3 is 1.79 bits per heavy atom. The molecule has 0 atom stereocenters. The number of benzene rings is 5. The van der Waals surface area contributed by atoms with Gasteiger partial charge < -0.3 is 4.90 Å². The summed E-state index contributed by atoms with van der Waals surface area (Å²) in [6.07, 6.45) is 22.2. The number of pyridine rings is 3. The minimum atomic E-state index is 0.173. The Morgan fingerprint density at radius 2 is 1.10 bits per heavy atom. The van der Waals surface area contributed by atoms with E-state index >= 15 is 0 Å². The predicted molar refractivity (Wildman–Crippen MR) is 243 cm³/mol. The molecule has 58 heavy (non-hydrogen) atoms. The van der Waals surface area contributed by atoms with Gasteiger partial charge in [-0.25, -0.2) is 15.0 Å². The highest BCUT2D eigenvalue weighted by Crippen LogP contribution is 2.47. The van der Waals surface area contributed by atoms with Gasteiger partial charge in [-0.2, -0.15) is 0 Å². The lowest BCUT2D eigenvalue weighted by Crippen LogP contribution is -2.26. The third-order valence-corrected chi connectivity index (χ3v) is 11.1. The maximum Gasteiger partial charge on any atom is 0.138 e. The fourth-order valence-corrected chi connectivity index (χ4v) is 8.53. The molecule has 3 aromatic heterocycles. The summed E-state index contributed by atoms with van der Waals surface area (Å²) in [7, 11) is 0. The van der Waals surface area contributed by atoms with Gasteiger partial charge >= 0.3 is 0 Å². The second-order valence-electron chi connectivity index (χ2n) is 15.1. The van der Waals surface area contributed by atoms with E-state index in [9.17, 15) is 0 Å². The van der Waals surface area contributed by atoms with E-state index in [1.807, 2.05) is 61.1 Å². The van der Waals surface area contributed by atoms with E-state index < -0.39 is 0 Å². The van der Waals surface area contributed by atoms with Crippen LogP contribution in [-0.2, 0) is 0 Å². The van der Waals surface area contributed by atoms with Crippen molar-refractivity contribution in [1.29, 1.82) is 0 Å². The molecule has 5 aromatic carbocycles. The smallest absolute Gasteiger partial charge is 0.138 e. The van der Waals surface area contributed by atoms with Crippen molar-refractivity contribution in [3.8, 4) is 11.1 Å². The van der Waals surface area contributed by atoms with Gasteiger partial charge in [-0.1, -0.05) is 109 Å². The lowest BCUT2D eigenvalue weighted by atomic mass is 9.84. The van der Waals surface area contributed by atoms with Crippen LogP contribution in [0.1, 0.15) is 25.8 Å². The highest BCUT2D eigenvalue weighted by atomic mass is 15.2. The monoisotopic (exact) mass is 747 g/mol. The molecule has 2 aliphatic rings. The van der Waals surface area contributed by atoms with Crippen molar-refractivity contribution in [2.75, 3.05) is 9.80 Å². The number of nitrogens with zero attached hydrogens (tertiary/aromatic N) is 5. The summed E-state index contributed by atoms with van der Waals surface area (Å²) in [6.45, 7) is 4.45. The average molecular weight is 748 g/mol. The molecule has 10 rings (SSSR count). The van der Waals surface area contributed by atoms with Crippen molar-refractivity contribution in [3.63, 3.8) is 0 Å². The largest absolute Gasteiger partial charge is 0.324 e. The van der Waals surface area contributed by atoms with E-state index in [1.165, 1.54) is 54.8 Å². The number of hydrogen-bond donors (Lipinski definition) is 0. The van der Waals surface area contributed by atoms with Crippen LogP contribution in [0, 0.1) is 0 Å². The average Bonchev–Trinajstić information content (AvgIpc) is 3.62. The minimum absolute atomic E-state index is 0.173. The predicted octanol–water partition coefficient (Wildman–Crippen LogP) is 13.8. The standard InChI is InChI=1S/C53H41N5/c1-36(2)57(49-17-7-10-28-54-49)43-24-26-46-47(34-43)52(41-21-20-37-13-3-4-14-38(31-37)32-41)45-27-25-44(58(50-18-8-11-29-55-50)51-19-9-12-30-56-51)35-48(45)53(46)42-23-22-39-15-5-6-16-40(39)33-42/h3-30,32-36H,31H2,1-2H3. The lowest BCUT2D eigenvalue weighted by Gasteiger charge is -2.29. The Bertz CT molecular complexity index is 2960. The third kappa shape index (κ3) is 6.47. The Morgan fingerprint density at radius 1 is 0.500 bits per heavy atom. The second kappa shape index (κ2) is 14.9. The molecule has 0 fully saturated rings. The van der Waals surface area contributed by atoms with Crippen LogP contribution in [0.2, 0.25) is 0 Å².